The Bertz CT molecular complexity index is 770. The van der Waals surface area contributed by atoms with E-state index in [1.165, 1.54) is 19.2 Å². The topological polar surface area (TPSA) is 115 Å². The highest BCUT2D eigenvalue weighted by Crippen LogP contribution is 2.23. The van der Waals surface area contributed by atoms with Gasteiger partial charge in [-0.15, -0.1) is 0 Å². The molecule has 18 heavy (non-hydrogen) atoms. The molecule has 90 valence electrons. The SMILES string of the molecule is Cn1c(N)c(C#N)c2ccc([N+](=O)[O-])cc2c1=O. The highest BCUT2D eigenvalue weighted by molar-refractivity contribution is 5.91. The van der Waals surface area contributed by atoms with Gasteiger partial charge < -0.3 is 5.73 Å². The maximum absolute atomic E-state index is 11.9. The molecule has 1 aromatic heterocycles. The van der Waals surface area contributed by atoms with E-state index in [9.17, 15) is 14.9 Å². The number of pyridine rings is 1. The Morgan fingerprint density at radius 3 is 2.67 bits per heavy atom. The van der Waals surface area contributed by atoms with E-state index < -0.39 is 10.5 Å². The van der Waals surface area contributed by atoms with Crippen LogP contribution in [0.5, 0.6) is 0 Å². The minimum absolute atomic E-state index is 0.0452. The first-order valence-electron chi connectivity index (χ1n) is 4.94. The lowest BCUT2D eigenvalue weighted by Crippen LogP contribution is -2.21. The minimum atomic E-state index is -0.596. The summed E-state index contributed by atoms with van der Waals surface area (Å²) in [6.45, 7) is 0. The average Bonchev–Trinajstić information content (AvgIpc) is 2.36. The largest absolute Gasteiger partial charge is 0.384 e. The first kappa shape index (κ1) is 11.6. The van der Waals surface area contributed by atoms with Gasteiger partial charge in [0.15, 0.2) is 0 Å². The lowest BCUT2D eigenvalue weighted by atomic mass is 10.1. The molecule has 0 atom stereocenters. The molecular weight excluding hydrogens is 236 g/mol. The van der Waals surface area contributed by atoms with Crippen molar-refractivity contribution in [3.63, 3.8) is 0 Å². The van der Waals surface area contributed by atoms with Crippen molar-refractivity contribution in [1.82, 2.24) is 4.57 Å². The summed E-state index contributed by atoms with van der Waals surface area (Å²) in [7, 11) is 1.41. The molecule has 2 N–H and O–H groups in total. The average molecular weight is 244 g/mol. The van der Waals surface area contributed by atoms with E-state index in [2.05, 4.69) is 0 Å². The lowest BCUT2D eigenvalue weighted by Gasteiger charge is -2.08. The number of benzene rings is 1. The standard InChI is InChI=1S/C11H8N4O3/c1-14-10(13)9(5-12)7-3-2-6(15(17)18)4-8(7)11(14)16/h2-4H,13H2,1H3. The number of nitrogens with zero attached hydrogens (tertiary/aromatic N) is 3. The second-order valence-electron chi connectivity index (χ2n) is 3.72. The monoisotopic (exact) mass is 244 g/mol. The van der Waals surface area contributed by atoms with E-state index in [1.54, 1.807) is 0 Å². The molecule has 0 saturated heterocycles. The van der Waals surface area contributed by atoms with Gasteiger partial charge in [0.1, 0.15) is 17.5 Å². The van der Waals surface area contributed by atoms with Gasteiger partial charge in [0.05, 0.1) is 10.3 Å². The second-order valence-corrected chi connectivity index (χ2v) is 3.72. The Morgan fingerprint density at radius 1 is 1.44 bits per heavy atom. The van der Waals surface area contributed by atoms with Gasteiger partial charge in [0.25, 0.3) is 11.2 Å². The molecule has 0 aliphatic heterocycles. The van der Waals surface area contributed by atoms with Crippen molar-refractivity contribution in [2.24, 2.45) is 7.05 Å². The molecule has 0 aliphatic rings. The first-order valence-corrected chi connectivity index (χ1v) is 4.94. The molecule has 2 aromatic rings. The van der Waals surface area contributed by atoms with Crippen LogP contribution in [0.4, 0.5) is 11.5 Å². The zero-order valence-electron chi connectivity index (χ0n) is 9.38. The highest BCUT2D eigenvalue weighted by Gasteiger charge is 2.15. The van der Waals surface area contributed by atoms with Crippen LogP contribution in [0.3, 0.4) is 0 Å². The summed E-state index contributed by atoms with van der Waals surface area (Å²) in [6, 6.07) is 5.65. The molecule has 0 unspecified atom stereocenters. The minimum Gasteiger partial charge on any atom is -0.384 e. The van der Waals surface area contributed by atoms with Gasteiger partial charge in [-0.2, -0.15) is 5.26 Å². The van der Waals surface area contributed by atoms with Gasteiger partial charge in [-0.3, -0.25) is 19.5 Å². The third-order valence-corrected chi connectivity index (χ3v) is 2.75. The third-order valence-electron chi connectivity index (χ3n) is 2.75. The Balaban J connectivity index is 3.02. The summed E-state index contributed by atoms with van der Waals surface area (Å²) in [5.41, 5.74) is 5.14. The van der Waals surface area contributed by atoms with Gasteiger partial charge in [0, 0.05) is 24.6 Å². The van der Waals surface area contributed by atoms with Crippen LogP contribution in [0.15, 0.2) is 23.0 Å². The van der Waals surface area contributed by atoms with Crippen molar-refractivity contribution < 1.29 is 4.92 Å². The third kappa shape index (κ3) is 1.48. The van der Waals surface area contributed by atoms with Crippen LogP contribution in [-0.2, 0) is 7.05 Å². The number of nitriles is 1. The molecule has 0 amide bonds. The van der Waals surface area contributed by atoms with Gasteiger partial charge in [-0.25, -0.2) is 0 Å². The van der Waals surface area contributed by atoms with Crippen LogP contribution < -0.4 is 11.3 Å². The normalized spacial score (nSPS) is 10.2. The van der Waals surface area contributed by atoms with Gasteiger partial charge in [0.2, 0.25) is 0 Å². The second kappa shape index (κ2) is 3.85. The van der Waals surface area contributed by atoms with Crippen LogP contribution in [-0.4, -0.2) is 9.49 Å². The van der Waals surface area contributed by atoms with E-state index in [1.807, 2.05) is 6.07 Å². The molecule has 0 spiro atoms. The molecule has 0 fully saturated rings. The number of anilines is 1. The predicted molar refractivity (Wildman–Crippen MR) is 65.0 cm³/mol. The molecule has 7 heteroatoms. The molecule has 0 radical (unpaired) electrons. The maximum Gasteiger partial charge on any atom is 0.270 e. The summed E-state index contributed by atoms with van der Waals surface area (Å²) in [6.07, 6.45) is 0. The molecule has 7 nitrogen and oxygen atoms in total. The summed E-state index contributed by atoms with van der Waals surface area (Å²) in [4.78, 5) is 22.0. The fraction of sp³-hybridized carbons (Fsp3) is 0.0909. The summed E-state index contributed by atoms with van der Waals surface area (Å²) in [5.74, 6) is 0.0452. The van der Waals surface area contributed by atoms with Crippen molar-refractivity contribution in [2.75, 3.05) is 5.73 Å². The van der Waals surface area contributed by atoms with Crippen LogP contribution in [0.2, 0.25) is 0 Å². The zero-order valence-corrected chi connectivity index (χ0v) is 9.38. The van der Waals surface area contributed by atoms with E-state index in [0.29, 0.717) is 5.39 Å². The summed E-state index contributed by atoms with van der Waals surface area (Å²) >= 11 is 0. The van der Waals surface area contributed by atoms with Gasteiger partial charge in [-0.05, 0) is 6.07 Å². The molecule has 0 saturated carbocycles. The molecule has 0 aliphatic carbocycles. The molecule has 0 bridgehead atoms. The highest BCUT2D eigenvalue weighted by atomic mass is 16.6. The maximum atomic E-state index is 11.9. The Hall–Kier alpha value is -2.88. The van der Waals surface area contributed by atoms with Crippen LogP contribution in [0.1, 0.15) is 5.56 Å². The number of hydrogen-bond acceptors (Lipinski definition) is 5. The van der Waals surface area contributed by atoms with E-state index in [-0.39, 0.29) is 22.5 Å². The fourth-order valence-corrected chi connectivity index (χ4v) is 1.75. The number of aromatic nitrogens is 1. The van der Waals surface area contributed by atoms with Crippen molar-refractivity contribution in [2.45, 2.75) is 0 Å². The summed E-state index contributed by atoms with van der Waals surface area (Å²) in [5, 5.41) is 20.1. The fourth-order valence-electron chi connectivity index (χ4n) is 1.75. The molecular formula is C11H8N4O3. The zero-order chi connectivity index (χ0) is 13.4. The summed E-state index contributed by atoms with van der Waals surface area (Å²) < 4.78 is 1.10. The number of non-ortho nitro benzene ring substituents is 1. The molecule has 1 aromatic carbocycles. The number of nitro benzene ring substituents is 1. The number of nitrogen functional groups attached to an aromatic ring is 1. The van der Waals surface area contributed by atoms with Crippen LogP contribution >= 0.6 is 0 Å². The van der Waals surface area contributed by atoms with Crippen molar-refractivity contribution in [3.8, 4) is 6.07 Å². The number of rotatable bonds is 1. The van der Waals surface area contributed by atoms with Crippen molar-refractivity contribution >= 4 is 22.3 Å². The number of hydrogen-bond donors (Lipinski definition) is 1. The Kier molecular flexibility index (Phi) is 2.48. The van der Waals surface area contributed by atoms with Crippen molar-refractivity contribution in [1.29, 1.82) is 5.26 Å². The van der Waals surface area contributed by atoms with Crippen LogP contribution in [0, 0.1) is 21.4 Å². The predicted octanol–water partition coefficient (Wildman–Crippen LogP) is 0.901. The smallest absolute Gasteiger partial charge is 0.270 e. The van der Waals surface area contributed by atoms with Gasteiger partial charge in [-0.1, -0.05) is 0 Å². The van der Waals surface area contributed by atoms with Gasteiger partial charge >= 0.3 is 0 Å². The number of nitro groups is 1. The Labute approximate surface area is 101 Å². The Morgan fingerprint density at radius 2 is 2.11 bits per heavy atom. The van der Waals surface area contributed by atoms with Crippen molar-refractivity contribution in [3.05, 3.63) is 44.2 Å². The lowest BCUT2D eigenvalue weighted by molar-refractivity contribution is -0.384. The van der Waals surface area contributed by atoms with E-state index in [4.69, 9.17) is 11.0 Å². The quantitative estimate of drug-likeness (QED) is 0.591. The molecule has 2 rings (SSSR count). The first-order chi connectivity index (χ1) is 8.47. The number of nitrogens with two attached hydrogens (primary N) is 1. The van der Waals surface area contributed by atoms with E-state index >= 15 is 0 Å². The number of fused-ring (bicyclic) bond motifs is 1. The van der Waals surface area contributed by atoms with Crippen LogP contribution in [0.25, 0.3) is 10.8 Å². The molecule has 1 heterocycles. The van der Waals surface area contributed by atoms with E-state index in [0.717, 1.165) is 10.6 Å².